The predicted octanol–water partition coefficient (Wildman–Crippen LogP) is 6.64. The van der Waals surface area contributed by atoms with E-state index < -0.39 is 0 Å². The van der Waals surface area contributed by atoms with E-state index in [0.717, 1.165) is 54.6 Å². The fourth-order valence-corrected chi connectivity index (χ4v) is 3.49. The third-order valence-corrected chi connectivity index (χ3v) is 5.82. The van der Waals surface area contributed by atoms with Crippen LogP contribution < -0.4 is 14.8 Å². The van der Waals surface area contributed by atoms with Crippen LogP contribution in [0.25, 0.3) is 0 Å². The van der Waals surface area contributed by atoms with Gasteiger partial charge in [0.2, 0.25) is 0 Å². The molecule has 4 nitrogen and oxygen atoms in total. The van der Waals surface area contributed by atoms with E-state index in [4.69, 9.17) is 37.4 Å². The SMILES string of the molecule is CCCCOCCCNCc1c(Br)ccc(OC)c1OCc1ccc(Cl)c(Cl)c1. The first-order valence-electron chi connectivity index (χ1n) is 9.77. The molecule has 2 aromatic rings. The number of nitrogens with one attached hydrogen (secondary N) is 1. The molecule has 2 aromatic carbocycles. The first kappa shape index (κ1) is 24.3. The summed E-state index contributed by atoms with van der Waals surface area (Å²) >= 11 is 15.7. The standard InChI is InChI=1S/C22H28BrCl2NO3/c1-3-4-11-28-12-5-10-26-14-17-18(23)7-9-21(27-2)22(17)29-15-16-6-8-19(24)20(25)13-16/h6-9,13,26H,3-5,10-12,14-15H2,1-2H3. The first-order chi connectivity index (χ1) is 14.1. The normalized spacial score (nSPS) is 10.9. The molecule has 2 rings (SSSR count). The number of halogens is 3. The molecule has 1 N–H and O–H groups in total. The zero-order valence-electron chi connectivity index (χ0n) is 16.9. The van der Waals surface area contributed by atoms with Gasteiger partial charge in [-0.15, -0.1) is 0 Å². The molecule has 0 saturated heterocycles. The van der Waals surface area contributed by atoms with Crippen LogP contribution in [0.2, 0.25) is 10.0 Å². The molecule has 0 saturated carbocycles. The van der Waals surface area contributed by atoms with Crippen LogP contribution in [0.3, 0.4) is 0 Å². The topological polar surface area (TPSA) is 39.7 Å². The summed E-state index contributed by atoms with van der Waals surface area (Å²) in [6.07, 6.45) is 3.24. The van der Waals surface area contributed by atoms with Crippen molar-refractivity contribution >= 4 is 39.1 Å². The minimum Gasteiger partial charge on any atom is -0.493 e. The van der Waals surface area contributed by atoms with Gasteiger partial charge in [-0.1, -0.05) is 58.5 Å². The van der Waals surface area contributed by atoms with E-state index in [1.807, 2.05) is 24.3 Å². The quantitative estimate of drug-likeness (QED) is 0.310. The predicted molar refractivity (Wildman–Crippen MR) is 124 cm³/mol. The number of hydrogen-bond donors (Lipinski definition) is 1. The van der Waals surface area contributed by atoms with Crippen molar-refractivity contribution in [2.75, 3.05) is 26.9 Å². The zero-order chi connectivity index (χ0) is 21.1. The van der Waals surface area contributed by atoms with Gasteiger partial charge in [-0.05, 0) is 49.2 Å². The van der Waals surface area contributed by atoms with E-state index in [0.29, 0.717) is 34.7 Å². The van der Waals surface area contributed by atoms with Gasteiger partial charge in [-0.3, -0.25) is 0 Å². The smallest absolute Gasteiger partial charge is 0.167 e. The average molecular weight is 505 g/mol. The summed E-state index contributed by atoms with van der Waals surface area (Å²) in [5.41, 5.74) is 1.95. The molecule has 7 heteroatoms. The Labute approximate surface area is 192 Å². The molecule has 0 atom stereocenters. The summed E-state index contributed by atoms with van der Waals surface area (Å²) in [6.45, 7) is 5.66. The van der Waals surface area contributed by atoms with Gasteiger partial charge in [0, 0.05) is 29.8 Å². The van der Waals surface area contributed by atoms with Crippen molar-refractivity contribution in [2.24, 2.45) is 0 Å². The van der Waals surface area contributed by atoms with Crippen LogP contribution in [-0.2, 0) is 17.9 Å². The molecule has 0 aromatic heterocycles. The van der Waals surface area contributed by atoms with E-state index in [1.54, 1.807) is 13.2 Å². The molecule has 0 amide bonds. The largest absolute Gasteiger partial charge is 0.493 e. The van der Waals surface area contributed by atoms with Gasteiger partial charge in [0.25, 0.3) is 0 Å². The maximum absolute atomic E-state index is 6.12. The molecule has 0 heterocycles. The lowest BCUT2D eigenvalue weighted by atomic mass is 10.1. The molecule has 160 valence electrons. The zero-order valence-corrected chi connectivity index (χ0v) is 20.0. The van der Waals surface area contributed by atoms with Crippen molar-refractivity contribution in [3.05, 3.63) is 56.0 Å². The Bertz CT molecular complexity index is 774. The molecule has 0 radical (unpaired) electrons. The Morgan fingerprint density at radius 3 is 2.55 bits per heavy atom. The van der Waals surface area contributed by atoms with Gasteiger partial charge in [-0.25, -0.2) is 0 Å². The van der Waals surface area contributed by atoms with E-state index in [2.05, 4.69) is 28.2 Å². The van der Waals surface area contributed by atoms with Gasteiger partial charge in [0.05, 0.1) is 17.2 Å². The number of hydrogen-bond acceptors (Lipinski definition) is 4. The van der Waals surface area contributed by atoms with Gasteiger partial charge < -0.3 is 19.5 Å². The van der Waals surface area contributed by atoms with Gasteiger partial charge in [0.15, 0.2) is 11.5 Å². The monoisotopic (exact) mass is 503 g/mol. The Morgan fingerprint density at radius 1 is 1.03 bits per heavy atom. The second-order valence-electron chi connectivity index (χ2n) is 6.59. The van der Waals surface area contributed by atoms with Crippen LogP contribution in [0.4, 0.5) is 0 Å². The van der Waals surface area contributed by atoms with Crippen molar-refractivity contribution in [1.82, 2.24) is 5.32 Å². The molecule has 29 heavy (non-hydrogen) atoms. The van der Waals surface area contributed by atoms with Crippen molar-refractivity contribution in [3.63, 3.8) is 0 Å². The van der Waals surface area contributed by atoms with Crippen LogP contribution in [0.15, 0.2) is 34.8 Å². The maximum Gasteiger partial charge on any atom is 0.167 e. The van der Waals surface area contributed by atoms with Crippen LogP contribution in [0, 0.1) is 0 Å². The average Bonchev–Trinajstić information content (AvgIpc) is 2.72. The molecular weight excluding hydrogens is 477 g/mol. The third-order valence-electron chi connectivity index (χ3n) is 4.34. The first-order valence-corrected chi connectivity index (χ1v) is 11.3. The highest BCUT2D eigenvalue weighted by atomic mass is 79.9. The second-order valence-corrected chi connectivity index (χ2v) is 8.26. The van der Waals surface area contributed by atoms with Gasteiger partial charge in [-0.2, -0.15) is 0 Å². The van der Waals surface area contributed by atoms with Crippen LogP contribution in [-0.4, -0.2) is 26.9 Å². The van der Waals surface area contributed by atoms with E-state index in [-0.39, 0.29) is 0 Å². The second kappa shape index (κ2) is 13.3. The summed E-state index contributed by atoms with van der Waals surface area (Å²) in [6, 6.07) is 9.33. The summed E-state index contributed by atoms with van der Waals surface area (Å²) in [4.78, 5) is 0. The minimum absolute atomic E-state index is 0.363. The van der Waals surface area contributed by atoms with E-state index >= 15 is 0 Å². The molecule has 0 unspecified atom stereocenters. The fourth-order valence-electron chi connectivity index (χ4n) is 2.71. The molecule has 0 aliphatic heterocycles. The Hall–Kier alpha value is -0.980. The van der Waals surface area contributed by atoms with Crippen molar-refractivity contribution in [1.29, 1.82) is 0 Å². The maximum atomic E-state index is 6.12. The molecule has 0 fully saturated rings. The molecular formula is C22H28BrCl2NO3. The highest BCUT2D eigenvalue weighted by Crippen LogP contribution is 2.37. The third kappa shape index (κ3) is 7.99. The number of benzene rings is 2. The van der Waals surface area contributed by atoms with Crippen LogP contribution >= 0.6 is 39.1 Å². The highest BCUT2D eigenvalue weighted by molar-refractivity contribution is 9.10. The Morgan fingerprint density at radius 2 is 1.83 bits per heavy atom. The van der Waals surface area contributed by atoms with Crippen LogP contribution in [0.1, 0.15) is 37.3 Å². The van der Waals surface area contributed by atoms with Crippen molar-refractivity contribution in [3.8, 4) is 11.5 Å². The highest BCUT2D eigenvalue weighted by Gasteiger charge is 2.15. The summed E-state index contributed by atoms with van der Waals surface area (Å²) in [5, 5.41) is 4.49. The van der Waals surface area contributed by atoms with E-state index in [1.165, 1.54) is 0 Å². The lowest BCUT2D eigenvalue weighted by molar-refractivity contribution is 0.128. The van der Waals surface area contributed by atoms with Crippen molar-refractivity contribution in [2.45, 2.75) is 39.3 Å². The number of methoxy groups -OCH3 is 1. The van der Waals surface area contributed by atoms with Gasteiger partial charge in [0.1, 0.15) is 6.61 Å². The van der Waals surface area contributed by atoms with E-state index in [9.17, 15) is 0 Å². The molecule has 0 aliphatic rings. The van der Waals surface area contributed by atoms with Crippen molar-refractivity contribution < 1.29 is 14.2 Å². The number of ether oxygens (including phenoxy) is 3. The summed E-state index contributed by atoms with van der Waals surface area (Å²) in [7, 11) is 1.64. The number of rotatable bonds is 13. The molecule has 0 aliphatic carbocycles. The lowest BCUT2D eigenvalue weighted by Crippen LogP contribution is -2.18. The summed E-state index contributed by atoms with van der Waals surface area (Å²) < 4.78 is 18.2. The minimum atomic E-state index is 0.363. The van der Waals surface area contributed by atoms with Gasteiger partial charge >= 0.3 is 0 Å². The molecule has 0 bridgehead atoms. The number of unbranched alkanes of at least 4 members (excludes halogenated alkanes) is 1. The lowest BCUT2D eigenvalue weighted by Gasteiger charge is -2.17. The fraction of sp³-hybridized carbons (Fsp3) is 0.455. The Kier molecular flexibility index (Phi) is 11.2. The Balaban J connectivity index is 1.97. The van der Waals surface area contributed by atoms with Crippen LogP contribution in [0.5, 0.6) is 11.5 Å². The summed E-state index contributed by atoms with van der Waals surface area (Å²) in [5.74, 6) is 1.40. The molecule has 0 spiro atoms.